The number of rotatable bonds is 1. The number of hydrogen-bond acceptors (Lipinski definition) is 2. The molecule has 0 unspecified atom stereocenters. The van der Waals surface area contributed by atoms with Crippen LogP contribution in [0.4, 0.5) is 0 Å². The Kier molecular flexibility index (Phi) is 3.38. The molecule has 1 saturated carbocycles. The third-order valence-electron chi connectivity index (χ3n) is 4.76. The van der Waals surface area contributed by atoms with Crippen LogP contribution >= 0.6 is 0 Å². The second kappa shape index (κ2) is 4.33. The molecule has 2 nitrogen and oxygen atoms in total. The van der Waals surface area contributed by atoms with E-state index in [9.17, 15) is 4.79 Å². The Bertz CT molecular complexity index is 334. The molecule has 0 aromatic rings. The maximum absolute atomic E-state index is 12.8. The molecule has 0 aromatic heterocycles. The van der Waals surface area contributed by atoms with Crippen molar-refractivity contribution in [2.75, 3.05) is 6.54 Å². The molecule has 3 atom stereocenters. The topological polar surface area (TPSA) is 20.3 Å². The Morgan fingerprint density at radius 1 is 1.06 bits per heavy atom. The van der Waals surface area contributed by atoms with E-state index in [4.69, 9.17) is 0 Å². The largest absolute Gasteiger partial charge is 0.297 e. The van der Waals surface area contributed by atoms with Gasteiger partial charge in [0.05, 0.1) is 6.04 Å². The number of nitrogens with zero attached hydrogens (tertiary/aromatic N) is 1. The predicted molar refractivity (Wildman–Crippen MR) is 75.5 cm³/mol. The lowest BCUT2D eigenvalue weighted by Gasteiger charge is -2.40. The third-order valence-corrected chi connectivity index (χ3v) is 4.76. The molecule has 0 bridgehead atoms. The minimum atomic E-state index is -0.217. The average molecular weight is 251 g/mol. The molecule has 1 aliphatic heterocycles. The highest BCUT2D eigenvalue weighted by atomic mass is 16.1. The highest BCUT2D eigenvalue weighted by Crippen LogP contribution is 2.46. The van der Waals surface area contributed by atoms with Crippen molar-refractivity contribution in [2.45, 2.75) is 72.4 Å². The van der Waals surface area contributed by atoms with Crippen molar-refractivity contribution >= 4 is 5.78 Å². The summed E-state index contributed by atoms with van der Waals surface area (Å²) < 4.78 is 0. The molecule has 2 heteroatoms. The van der Waals surface area contributed by atoms with Gasteiger partial charge in [-0.15, -0.1) is 0 Å². The monoisotopic (exact) mass is 251 g/mol. The summed E-state index contributed by atoms with van der Waals surface area (Å²) in [5.41, 5.74) is -0.110. The molecular formula is C16H29NO. The lowest BCUT2D eigenvalue weighted by atomic mass is 9.79. The molecule has 18 heavy (non-hydrogen) atoms. The Balaban J connectivity index is 2.29. The van der Waals surface area contributed by atoms with Crippen molar-refractivity contribution in [1.29, 1.82) is 0 Å². The lowest BCUT2D eigenvalue weighted by Crippen LogP contribution is -2.52. The highest BCUT2D eigenvalue weighted by molar-refractivity contribution is 5.89. The normalized spacial score (nSPS) is 33.8. The number of Topliss-reactive ketones (excluding diaryl/α,β-unsaturated/α-hetero) is 1. The van der Waals surface area contributed by atoms with E-state index in [2.05, 4.69) is 46.4 Å². The number of fused-ring (bicyclic) bond motifs is 1. The summed E-state index contributed by atoms with van der Waals surface area (Å²) >= 11 is 0. The molecule has 0 spiro atoms. The maximum atomic E-state index is 12.8. The Labute approximate surface area is 112 Å². The molecule has 1 heterocycles. The van der Waals surface area contributed by atoms with Gasteiger partial charge in [-0.3, -0.25) is 9.69 Å². The highest BCUT2D eigenvalue weighted by Gasteiger charge is 2.52. The van der Waals surface area contributed by atoms with Gasteiger partial charge in [0, 0.05) is 17.5 Å². The summed E-state index contributed by atoms with van der Waals surface area (Å²) in [7, 11) is 0. The van der Waals surface area contributed by atoms with Crippen molar-refractivity contribution in [3.8, 4) is 0 Å². The first-order valence-electron chi connectivity index (χ1n) is 7.43. The van der Waals surface area contributed by atoms with Crippen LogP contribution in [0.15, 0.2) is 0 Å². The van der Waals surface area contributed by atoms with E-state index in [1.165, 1.54) is 19.3 Å². The number of ketones is 1. The summed E-state index contributed by atoms with van der Waals surface area (Å²) in [6.45, 7) is 14.1. The number of carbonyl (C=O) groups is 1. The van der Waals surface area contributed by atoms with Gasteiger partial charge in [0.1, 0.15) is 0 Å². The standard InChI is InChI=1S/C16H29NO/c1-15(2,3)14(18)13-12-9-7-8-11(12)10-17(13)16(4,5)6/h11-13H,7-10H2,1-6H3/t11-,12-,13+/m1/s1. The van der Waals surface area contributed by atoms with Gasteiger partial charge in [0.25, 0.3) is 0 Å². The maximum Gasteiger partial charge on any atom is 0.155 e. The fraction of sp³-hybridized carbons (Fsp3) is 0.938. The average Bonchev–Trinajstić information content (AvgIpc) is 2.71. The zero-order valence-electron chi connectivity index (χ0n) is 12.9. The van der Waals surface area contributed by atoms with Gasteiger partial charge in [-0.2, -0.15) is 0 Å². The van der Waals surface area contributed by atoms with Crippen LogP contribution in [0.1, 0.15) is 60.8 Å². The molecule has 104 valence electrons. The fourth-order valence-corrected chi connectivity index (χ4v) is 3.78. The minimum Gasteiger partial charge on any atom is -0.297 e. The summed E-state index contributed by atoms with van der Waals surface area (Å²) in [5, 5.41) is 0. The smallest absolute Gasteiger partial charge is 0.155 e. The van der Waals surface area contributed by atoms with Crippen LogP contribution in [0.3, 0.4) is 0 Å². The van der Waals surface area contributed by atoms with E-state index in [1.807, 2.05) is 0 Å². The van der Waals surface area contributed by atoms with Crippen molar-refractivity contribution < 1.29 is 4.79 Å². The van der Waals surface area contributed by atoms with E-state index in [-0.39, 0.29) is 17.0 Å². The van der Waals surface area contributed by atoms with Crippen LogP contribution in [0.5, 0.6) is 0 Å². The molecule has 2 aliphatic rings. The number of carbonyl (C=O) groups excluding carboxylic acids is 1. The molecule has 0 radical (unpaired) electrons. The van der Waals surface area contributed by atoms with E-state index in [1.54, 1.807) is 0 Å². The summed E-state index contributed by atoms with van der Waals surface area (Å²) in [5.74, 6) is 1.84. The van der Waals surface area contributed by atoms with Gasteiger partial charge in [0.15, 0.2) is 5.78 Å². The van der Waals surface area contributed by atoms with E-state index >= 15 is 0 Å². The second-order valence-corrected chi connectivity index (χ2v) is 8.24. The van der Waals surface area contributed by atoms with Crippen molar-refractivity contribution in [3.05, 3.63) is 0 Å². The lowest BCUT2D eigenvalue weighted by molar-refractivity contribution is -0.134. The van der Waals surface area contributed by atoms with Crippen LogP contribution in [-0.2, 0) is 4.79 Å². The van der Waals surface area contributed by atoms with E-state index in [0.717, 1.165) is 12.5 Å². The molecule has 0 N–H and O–H groups in total. The summed E-state index contributed by atoms with van der Waals surface area (Å²) in [6, 6.07) is 0.164. The summed E-state index contributed by atoms with van der Waals surface area (Å²) in [4.78, 5) is 15.3. The third kappa shape index (κ3) is 2.36. The first kappa shape index (κ1) is 14.0. The van der Waals surface area contributed by atoms with Crippen LogP contribution in [0.25, 0.3) is 0 Å². The van der Waals surface area contributed by atoms with Gasteiger partial charge < -0.3 is 0 Å². The van der Waals surface area contributed by atoms with Crippen LogP contribution in [-0.4, -0.2) is 28.8 Å². The second-order valence-electron chi connectivity index (χ2n) is 8.24. The first-order chi connectivity index (χ1) is 8.12. The Hall–Kier alpha value is -0.370. The fourth-order valence-electron chi connectivity index (χ4n) is 3.78. The van der Waals surface area contributed by atoms with Gasteiger partial charge in [-0.25, -0.2) is 0 Å². The van der Waals surface area contributed by atoms with Crippen molar-refractivity contribution in [3.63, 3.8) is 0 Å². The van der Waals surface area contributed by atoms with Crippen LogP contribution < -0.4 is 0 Å². The molecule has 0 aromatic carbocycles. The zero-order chi connectivity index (χ0) is 13.7. The van der Waals surface area contributed by atoms with Gasteiger partial charge in [0.2, 0.25) is 0 Å². The SMILES string of the molecule is CC(C)(C)C(=O)[C@@H]1[C@@H]2CCC[C@@H]2CN1C(C)(C)C. The molecule has 1 saturated heterocycles. The van der Waals surface area contributed by atoms with Gasteiger partial charge in [-0.05, 0) is 45.4 Å². The molecular weight excluding hydrogens is 222 g/mol. The molecule has 1 aliphatic carbocycles. The van der Waals surface area contributed by atoms with Gasteiger partial charge in [-0.1, -0.05) is 27.2 Å². The van der Waals surface area contributed by atoms with Gasteiger partial charge >= 0.3 is 0 Å². The Morgan fingerprint density at radius 3 is 2.17 bits per heavy atom. The number of hydrogen-bond donors (Lipinski definition) is 0. The zero-order valence-corrected chi connectivity index (χ0v) is 12.9. The first-order valence-corrected chi connectivity index (χ1v) is 7.43. The predicted octanol–water partition coefficient (Wildman–Crippen LogP) is 3.50. The van der Waals surface area contributed by atoms with Crippen LogP contribution in [0.2, 0.25) is 0 Å². The molecule has 0 amide bonds. The van der Waals surface area contributed by atoms with Crippen molar-refractivity contribution in [1.82, 2.24) is 4.90 Å². The molecule has 2 rings (SSSR count). The number of likely N-dealkylation sites (tertiary alicyclic amines) is 1. The quantitative estimate of drug-likeness (QED) is 0.711. The summed E-state index contributed by atoms with van der Waals surface area (Å²) in [6.07, 6.45) is 3.90. The van der Waals surface area contributed by atoms with Crippen LogP contribution in [0, 0.1) is 17.3 Å². The molecule has 2 fully saturated rings. The van der Waals surface area contributed by atoms with Crippen molar-refractivity contribution in [2.24, 2.45) is 17.3 Å². The van der Waals surface area contributed by atoms with E-state index in [0.29, 0.717) is 11.7 Å². The Morgan fingerprint density at radius 2 is 1.67 bits per heavy atom. The van der Waals surface area contributed by atoms with E-state index < -0.39 is 0 Å². The minimum absolute atomic E-state index is 0.107.